The molecule has 12 heteroatoms. The Bertz CT molecular complexity index is 737. The van der Waals surface area contributed by atoms with Crippen LogP contribution in [-0.2, 0) is 9.59 Å². The largest absolute Gasteiger partial charge is 0.478 e. The van der Waals surface area contributed by atoms with Gasteiger partial charge in [-0.15, -0.1) is 0 Å². The number of rotatable bonds is 2. The number of aliphatic carboxylic acids is 2. The van der Waals surface area contributed by atoms with Crippen molar-refractivity contribution >= 4 is 87.3 Å². The van der Waals surface area contributed by atoms with E-state index >= 15 is 0 Å². The summed E-state index contributed by atoms with van der Waals surface area (Å²) in [6, 6.07) is 3.70. The second kappa shape index (κ2) is 12.8. The summed E-state index contributed by atoms with van der Waals surface area (Å²) in [6.07, 6.45) is 4.42. The maximum atomic E-state index is 9.55. The van der Waals surface area contributed by atoms with Crippen LogP contribution in [0.15, 0.2) is 54.6 Å². The number of nitrogen functional groups attached to an aromatic ring is 2. The van der Waals surface area contributed by atoms with Crippen LogP contribution in [0.5, 0.6) is 0 Å². The highest BCUT2D eigenvalue weighted by Crippen LogP contribution is 2.21. The monoisotopic (exact) mass is 616 g/mol. The zero-order valence-electron chi connectivity index (χ0n) is 12.7. The number of carboxylic acids is 2. The summed E-state index contributed by atoms with van der Waals surface area (Å²) in [5.41, 5.74) is 10.8. The summed E-state index contributed by atoms with van der Waals surface area (Å²) in [5.74, 6) is -1.49. The molecular weight excluding hydrogens is 608 g/mol. The molecule has 140 valence electrons. The number of carbonyl (C=O) groups is 2. The number of hydrogen-bond acceptors (Lipinski definition) is 6. The molecule has 0 unspecified atom stereocenters. The predicted octanol–water partition coefficient (Wildman–Crippen LogP) is 4.09. The first kappa shape index (κ1) is 24.5. The number of pyridine rings is 2. The highest BCUT2D eigenvalue weighted by Gasteiger charge is 1.95. The Balaban J connectivity index is 0.000000362. The standard InChI is InChI=1S/2C5H4Br2N2.C4H4O4/c2*6-3-1-4(7)5(8)9-2-3;5-3(6)1-2-4(7)8/h2*1-2H,(H2,8,9);1-2H,(H,5,6)(H,7,8)/b;;2-1+. The summed E-state index contributed by atoms with van der Waals surface area (Å²) in [4.78, 5) is 26.8. The Labute approximate surface area is 182 Å². The van der Waals surface area contributed by atoms with Crippen molar-refractivity contribution in [2.45, 2.75) is 0 Å². The van der Waals surface area contributed by atoms with Crippen molar-refractivity contribution in [2.24, 2.45) is 0 Å². The molecule has 0 aliphatic carbocycles. The molecule has 2 rings (SSSR count). The Kier molecular flexibility index (Phi) is 12.1. The fourth-order valence-corrected chi connectivity index (χ4v) is 2.97. The number of hydrogen-bond donors (Lipinski definition) is 4. The molecule has 0 atom stereocenters. The lowest BCUT2D eigenvalue weighted by atomic mass is 10.5. The topological polar surface area (TPSA) is 152 Å². The van der Waals surface area contributed by atoms with E-state index in [-0.39, 0.29) is 0 Å². The lowest BCUT2D eigenvalue weighted by molar-refractivity contribution is -0.134. The molecule has 0 amide bonds. The maximum Gasteiger partial charge on any atom is 0.328 e. The van der Waals surface area contributed by atoms with Crippen LogP contribution in [0, 0.1) is 0 Å². The molecule has 0 aliphatic heterocycles. The van der Waals surface area contributed by atoms with E-state index in [9.17, 15) is 9.59 Å². The second-order valence-electron chi connectivity index (χ2n) is 4.05. The van der Waals surface area contributed by atoms with Crippen LogP contribution in [-0.4, -0.2) is 32.1 Å². The molecule has 2 aromatic heterocycles. The van der Waals surface area contributed by atoms with Crippen LogP contribution in [0.2, 0.25) is 0 Å². The lowest BCUT2D eigenvalue weighted by Gasteiger charge is -1.94. The van der Waals surface area contributed by atoms with E-state index in [0.717, 1.165) is 17.9 Å². The summed E-state index contributed by atoms with van der Waals surface area (Å²) in [5, 5.41) is 15.6. The molecule has 0 spiro atoms. The predicted molar refractivity (Wildman–Crippen MR) is 113 cm³/mol. The molecule has 0 fully saturated rings. The zero-order chi connectivity index (χ0) is 20.3. The molecule has 26 heavy (non-hydrogen) atoms. The van der Waals surface area contributed by atoms with Crippen LogP contribution in [0.3, 0.4) is 0 Å². The summed E-state index contributed by atoms with van der Waals surface area (Å²) < 4.78 is 3.47. The SMILES string of the molecule is Nc1ncc(Br)cc1Br.Nc1ncc(Br)cc1Br.O=C(O)/C=C/C(=O)O. The minimum absolute atomic E-state index is 0.512. The molecule has 6 N–H and O–H groups in total. The third-order valence-corrected chi connectivity index (χ3v) is 4.18. The van der Waals surface area contributed by atoms with Gasteiger partial charge in [0, 0.05) is 33.5 Å². The minimum atomic E-state index is -1.26. The highest BCUT2D eigenvalue weighted by atomic mass is 79.9. The molecule has 0 saturated carbocycles. The first-order valence-corrected chi connectivity index (χ1v) is 9.47. The zero-order valence-corrected chi connectivity index (χ0v) is 19.1. The number of aromatic nitrogens is 2. The van der Waals surface area contributed by atoms with E-state index in [1.807, 2.05) is 12.1 Å². The van der Waals surface area contributed by atoms with Gasteiger partial charge in [-0.05, 0) is 75.9 Å². The van der Waals surface area contributed by atoms with Crippen LogP contribution >= 0.6 is 63.7 Å². The number of nitrogens with two attached hydrogens (primary N) is 2. The first-order valence-electron chi connectivity index (χ1n) is 6.30. The first-order chi connectivity index (χ1) is 12.0. The van der Waals surface area contributed by atoms with Gasteiger partial charge in [0.05, 0.1) is 8.95 Å². The number of carboxylic acid groups (broad SMARTS) is 2. The molecule has 0 radical (unpaired) electrons. The van der Waals surface area contributed by atoms with Crippen LogP contribution < -0.4 is 11.5 Å². The van der Waals surface area contributed by atoms with Gasteiger partial charge in [-0.25, -0.2) is 19.6 Å². The van der Waals surface area contributed by atoms with Crippen molar-refractivity contribution in [3.63, 3.8) is 0 Å². The third kappa shape index (κ3) is 12.0. The smallest absolute Gasteiger partial charge is 0.328 e. The van der Waals surface area contributed by atoms with Gasteiger partial charge < -0.3 is 21.7 Å². The fourth-order valence-electron chi connectivity index (χ4n) is 0.993. The van der Waals surface area contributed by atoms with Crippen molar-refractivity contribution in [1.82, 2.24) is 9.97 Å². The fraction of sp³-hybridized carbons (Fsp3) is 0. The van der Waals surface area contributed by atoms with Gasteiger partial charge in [0.2, 0.25) is 0 Å². The van der Waals surface area contributed by atoms with Crippen molar-refractivity contribution in [3.8, 4) is 0 Å². The molecule has 2 heterocycles. The number of anilines is 2. The van der Waals surface area contributed by atoms with Crippen molar-refractivity contribution in [2.75, 3.05) is 11.5 Å². The van der Waals surface area contributed by atoms with Crippen molar-refractivity contribution in [1.29, 1.82) is 0 Å². The van der Waals surface area contributed by atoms with E-state index in [1.54, 1.807) is 12.4 Å². The van der Waals surface area contributed by atoms with E-state index in [2.05, 4.69) is 73.7 Å². The van der Waals surface area contributed by atoms with E-state index in [1.165, 1.54) is 0 Å². The van der Waals surface area contributed by atoms with Gasteiger partial charge in [-0.3, -0.25) is 0 Å². The summed E-state index contributed by atoms with van der Waals surface area (Å²) in [7, 11) is 0. The van der Waals surface area contributed by atoms with E-state index < -0.39 is 11.9 Å². The Hall–Kier alpha value is -1.50. The maximum absolute atomic E-state index is 9.55. The Morgan fingerprint density at radius 2 is 1.12 bits per heavy atom. The average molecular weight is 620 g/mol. The molecule has 0 saturated heterocycles. The second-order valence-corrected chi connectivity index (χ2v) is 7.59. The van der Waals surface area contributed by atoms with Gasteiger partial charge in [-0.1, -0.05) is 0 Å². The average Bonchev–Trinajstić information content (AvgIpc) is 2.54. The summed E-state index contributed by atoms with van der Waals surface area (Å²) >= 11 is 13.0. The number of nitrogens with zero attached hydrogens (tertiary/aromatic N) is 2. The molecule has 8 nitrogen and oxygen atoms in total. The van der Waals surface area contributed by atoms with Gasteiger partial charge in [0.25, 0.3) is 0 Å². The van der Waals surface area contributed by atoms with Gasteiger partial charge in [-0.2, -0.15) is 0 Å². The lowest BCUT2D eigenvalue weighted by Crippen LogP contribution is -1.91. The quantitative estimate of drug-likeness (QED) is 0.367. The Morgan fingerprint density at radius 1 is 0.808 bits per heavy atom. The van der Waals surface area contributed by atoms with E-state index in [0.29, 0.717) is 23.8 Å². The van der Waals surface area contributed by atoms with Crippen LogP contribution in [0.4, 0.5) is 11.6 Å². The van der Waals surface area contributed by atoms with E-state index in [4.69, 9.17) is 21.7 Å². The van der Waals surface area contributed by atoms with Crippen LogP contribution in [0.1, 0.15) is 0 Å². The molecule has 0 aromatic carbocycles. The molecule has 0 bridgehead atoms. The van der Waals surface area contributed by atoms with Crippen molar-refractivity contribution in [3.05, 3.63) is 54.6 Å². The van der Waals surface area contributed by atoms with Gasteiger partial charge in [0.15, 0.2) is 0 Å². The van der Waals surface area contributed by atoms with Crippen molar-refractivity contribution < 1.29 is 19.8 Å². The minimum Gasteiger partial charge on any atom is -0.478 e. The molecule has 0 aliphatic rings. The van der Waals surface area contributed by atoms with Gasteiger partial charge >= 0.3 is 11.9 Å². The Morgan fingerprint density at radius 3 is 1.31 bits per heavy atom. The van der Waals surface area contributed by atoms with Crippen LogP contribution in [0.25, 0.3) is 0 Å². The third-order valence-electron chi connectivity index (χ3n) is 2.04. The van der Waals surface area contributed by atoms with Gasteiger partial charge in [0.1, 0.15) is 11.6 Å². The molecule has 2 aromatic rings. The molecular formula is C14H12Br4N4O4. The summed E-state index contributed by atoms with van der Waals surface area (Å²) in [6.45, 7) is 0. The normalized spacial score (nSPS) is 9.54. The number of halogens is 4. The highest BCUT2D eigenvalue weighted by molar-refractivity contribution is 9.11.